The van der Waals surface area contributed by atoms with Crippen molar-refractivity contribution in [3.63, 3.8) is 0 Å². The van der Waals surface area contributed by atoms with E-state index >= 15 is 0 Å². The summed E-state index contributed by atoms with van der Waals surface area (Å²) in [4.78, 5) is 4.54. The van der Waals surface area contributed by atoms with Crippen LogP contribution in [0, 0.1) is 26.6 Å². The third-order valence-electron chi connectivity index (χ3n) is 6.15. The highest BCUT2D eigenvalue weighted by atomic mass is 32.1. The van der Waals surface area contributed by atoms with Crippen molar-refractivity contribution < 1.29 is 4.39 Å². The Kier molecular flexibility index (Phi) is 6.86. The number of nitrogens with one attached hydrogen (secondary N) is 1. The van der Waals surface area contributed by atoms with E-state index in [4.69, 9.17) is 17.3 Å². The van der Waals surface area contributed by atoms with E-state index < -0.39 is 0 Å². The summed E-state index contributed by atoms with van der Waals surface area (Å²) in [5.74, 6) is -0.180. The summed E-state index contributed by atoms with van der Waals surface area (Å²) in [5, 5.41) is 8.93. The molecule has 0 bridgehead atoms. The van der Waals surface area contributed by atoms with E-state index in [1.807, 2.05) is 17.7 Å². The van der Waals surface area contributed by atoms with Crippen molar-refractivity contribution >= 4 is 23.0 Å². The van der Waals surface area contributed by atoms with Crippen LogP contribution in [0.5, 0.6) is 0 Å². The Balaban J connectivity index is 1.35. The van der Waals surface area contributed by atoms with Crippen LogP contribution in [0.1, 0.15) is 28.1 Å². The SMILES string of the molecule is Cc1ccccc1Cn1nc(C)c(NC(=S)N2CCN(Cc3cccc(F)c3)CC2)c1C. The fraction of sp³-hybridized carbons (Fsp3) is 0.360. The number of anilines is 1. The minimum atomic E-state index is -0.180. The molecule has 1 fully saturated rings. The van der Waals surface area contributed by atoms with E-state index in [2.05, 4.69) is 53.2 Å². The zero-order valence-corrected chi connectivity index (χ0v) is 19.8. The zero-order chi connectivity index (χ0) is 22.7. The topological polar surface area (TPSA) is 36.3 Å². The van der Waals surface area contributed by atoms with Crippen LogP contribution in [0.2, 0.25) is 0 Å². The monoisotopic (exact) mass is 451 g/mol. The second-order valence-electron chi connectivity index (χ2n) is 8.45. The molecule has 0 aliphatic carbocycles. The molecule has 0 atom stereocenters. The van der Waals surface area contributed by atoms with Gasteiger partial charge in [0.2, 0.25) is 0 Å². The second kappa shape index (κ2) is 9.79. The Hall–Kier alpha value is -2.77. The molecule has 5 nitrogen and oxygen atoms in total. The quantitative estimate of drug-likeness (QED) is 0.578. The van der Waals surface area contributed by atoms with Gasteiger partial charge >= 0.3 is 0 Å². The van der Waals surface area contributed by atoms with Gasteiger partial charge in [0.1, 0.15) is 5.82 Å². The number of aromatic nitrogens is 2. The number of nitrogens with zero attached hydrogens (tertiary/aromatic N) is 4. The molecular formula is C25H30FN5S. The lowest BCUT2D eigenvalue weighted by Gasteiger charge is -2.36. The van der Waals surface area contributed by atoms with Gasteiger partial charge in [-0.05, 0) is 61.8 Å². The van der Waals surface area contributed by atoms with Crippen LogP contribution in [-0.2, 0) is 13.1 Å². The summed E-state index contributed by atoms with van der Waals surface area (Å²) in [7, 11) is 0. The highest BCUT2D eigenvalue weighted by molar-refractivity contribution is 7.80. The number of benzene rings is 2. The number of aryl methyl sites for hydroxylation is 2. The predicted molar refractivity (Wildman–Crippen MR) is 131 cm³/mol. The molecular weight excluding hydrogens is 421 g/mol. The summed E-state index contributed by atoms with van der Waals surface area (Å²) < 4.78 is 15.5. The van der Waals surface area contributed by atoms with Gasteiger partial charge in [0.05, 0.1) is 23.6 Å². The first-order chi connectivity index (χ1) is 15.4. The summed E-state index contributed by atoms with van der Waals surface area (Å²) in [5.41, 5.74) is 6.56. The smallest absolute Gasteiger partial charge is 0.173 e. The second-order valence-corrected chi connectivity index (χ2v) is 8.84. The highest BCUT2D eigenvalue weighted by Gasteiger charge is 2.21. The van der Waals surface area contributed by atoms with Crippen molar-refractivity contribution in [3.05, 3.63) is 82.4 Å². The van der Waals surface area contributed by atoms with Crippen LogP contribution in [0.3, 0.4) is 0 Å². The minimum absolute atomic E-state index is 0.180. The van der Waals surface area contributed by atoms with Gasteiger partial charge in [-0.25, -0.2) is 4.39 Å². The molecule has 0 spiro atoms. The van der Waals surface area contributed by atoms with E-state index in [0.717, 1.165) is 67.0 Å². The van der Waals surface area contributed by atoms with E-state index in [0.29, 0.717) is 0 Å². The average Bonchev–Trinajstić information content (AvgIpc) is 3.03. The molecule has 3 aromatic rings. The predicted octanol–water partition coefficient (Wildman–Crippen LogP) is 4.51. The Morgan fingerprint density at radius 1 is 1.00 bits per heavy atom. The van der Waals surface area contributed by atoms with Crippen molar-refractivity contribution in [3.8, 4) is 0 Å². The molecule has 1 aliphatic rings. The van der Waals surface area contributed by atoms with E-state index in [-0.39, 0.29) is 5.82 Å². The third-order valence-corrected chi connectivity index (χ3v) is 6.51. The molecule has 7 heteroatoms. The van der Waals surface area contributed by atoms with Crippen molar-refractivity contribution in [1.29, 1.82) is 0 Å². The van der Waals surface area contributed by atoms with Crippen LogP contribution in [0.25, 0.3) is 0 Å². The molecule has 2 aromatic carbocycles. The lowest BCUT2D eigenvalue weighted by Crippen LogP contribution is -2.49. The molecule has 168 valence electrons. The highest BCUT2D eigenvalue weighted by Crippen LogP contribution is 2.22. The first kappa shape index (κ1) is 22.4. The largest absolute Gasteiger partial charge is 0.346 e. The van der Waals surface area contributed by atoms with Crippen molar-refractivity contribution in [2.75, 3.05) is 31.5 Å². The van der Waals surface area contributed by atoms with Gasteiger partial charge in [-0.1, -0.05) is 36.4 Å². The number of rotatable bonds is 5. The van der Waals surface area contributed by atoms with Gasteiger partial charge in [-0.3, -0.25) is 9.58 Å². The molecule has 32 heavy (non-hydrogen) atoms. The van der Waals surface area contributed by atoms with Crippen LogP contribution in [-0.4, -0.2) is 50.9 Å². The maximum Gasteiger partial charge on any atom is 0.173 e. The normalized spacial score (nSPS) is 14.6. The fourth-order valence-electron chi connectivity index (χ4n) is 4.17. The lowest BCUT2D eigenvalue weighted by molar-refractivity contribution is 0.177. The first-order valence-corrected chi connectivity index (χ1v) is 11.4. The van der Waals surface area contributed by atoms with Crippen LogP contribution in [0.15, 0.2) is 48.5 Å². The van der Waals surface area contributed by atoms with Gasteiger partial charge in [-0.15, -0.1) is 0 Å². The Labute approximate surface area is 194 Å². The van der Waals surface area contributed by atoms with E-state index in [1.165, 1.54) is 17.2 Å². The minimum Gasteiger partial charge on any atom is -0.346 e. The molecule has 1 N–H and O–H groups in total. The number of hydrogen-bond donors (Lipinski definition) is 1. The van der Waals surface area contributed by atoms with Gasteiger partial charge < -0.3 is 10.2 Å². The Bertz CT molecular complexity index is 1100. The third kappa shape index (κ3) is 5.16. The van der Waals surface area contributed by atoms with Crippen molar-refractivity contribution in [2.45, 2.75) is 33.9 Å². The molecule has 2 heterocycles. The average molecular weight is 452 g/mol. The molecule has 0 radical (unpaired) electrons. The Morgan fingerprint density at radius 2 is 1.75 bits per heavy atom. The van der Waals surface area contributed by atoms with Crippen molar-refractivity contribution in [2.24, 2.45) is 0 Å². The van der Waals surface area contributed by atoms with Crippen molar-refractivity contribution in [1.82, 2.24) is 19.6 Å². The first-order valence-electron chi connectivity index (χ1n) is 11.0. The van der Waals surface area contributed by atoms with Gasteiger partial charge in [0.15, 0.2) is 5.11 Å². The van der Waals surface area contributed by atoms with Gasteiger partial charge in [0, 0.05) is 32.7 Å². The molecule has 1 aliphatic heterocycles. The maximum atomic E-state index is 13.4. The van der Waals surface area contributed by atoms with E-state index in [1.54, 1.807) is 12.1 Å². The lowest BCUT2D eigenvalue weighted by atomic mass is 10.1. The summed E-state index contributed by atoms with van der Waals surface area (Å²) in [6.45, 7) is 11.2. The molecule has 1 saturated heterocycles. The standard InChI is InChI=1S/C25H30FN5S/c1-18-7-4-5-9-22(18)17-31-20(3)24(19(2)28-31)27-25(32)30-13-11-29(12-14-30)16-21-8-6-10-23(26)15-21/h4-10,15H,11-14,16-17H2,1-3H3,(H,27,32). The molecule has 0 saturated carbocycles. The van der Waals surface area contributed by atoms with Crippen LogP contribution >= 0.6 is 12.2 Å². The molecule has 1 aromatic heterocycles. The number of hydrogen-bond acceptors (Lipinski definition) is 3. The van der Waals surface area contributed by atoms with E-state index in [9.17, 15) is 4.39 Å². The summed E-state index contributed by atoms with van der Waals surface area (Å²) in [6, 6.07) is 15.2. The zero-order valence-electron chi connectivity index (χ0n) is 18.9. The number of halogens is 1. The number of thiocarbonyl (C=S) groups is 1. The van der Waals surface area contributed by atoms with Crippen LogP contribution < -0.4 is 5.32 Å². The molecule has 4 rings (SSSR count). The van der Waals surface area contributed by atoms with Gasteiger partial charge in [0.25, 0.3) is 0 Å². The number of piperazine rings is 1. The molecule has 0 unspecified atom stereocenters. The summed E-state index contributed by atoms with van der Waals surface area (Å²) in [6.07, 6.45) is 0. The Morgan fingerprint density at radius 3 is 2.47 bits per heavy atom. The molecule has 0 amide bonds. The van der Waals surface area contributed by atoms with Crippen LogP contribution in [0.4, 0.5) is 10.1 Å². The van der Waals surface area contributed by atoms with Gasteiger partial charge in [-0.2, -0.15) is 5.10 Å². The maximum absolute atomic E-state index is 13.4. The fourth-order valence-corrected chi connectivity index (χ4v) is 4.45. The summed E-state index contributed by atoms with van der Waals surface area (Å²) >= 11 is 5.73.